The number of anilines is 1. The Morgan fingerprint density at radius 2 is 2.20 bits per heavy atom. The predicted octanol–water partition coefficient (Wildman–Crippen LogP) is 2.70. The predicted molar refractivity (Wildman–Crippen MR) is 63.2 cm³/mol. The fraction of sp³-hybridized carbons (Fsp3) is 0.538. The number of hydrogen-bond acceptors (Lipinski definition) is 2. The van der Waals surface area contributed by atoms with E-state index < -0.39 is 0 Å². The maximum absolute atomic E-state index is 5.50. The van der Waals surface area contributed by atoms with Crippen molar-refractivity contribution in [2.75, 3.05) is 18.5 Å². The number of benzene rings is 1. The first-order valence-corrected chi connectivity index (χ1v) is 5.73. The van der Waals surface area contributed by atoms with Gasteiger partial charge in [0.05, 0.1) is 12.6 Å². The Morgan fingerprint density at radius 1 is 1.40 bits per heavy atom. The summed E-state index contributed by atoms with van der Waals surface area (Å²) in [6.07, 6.45) is 1.15. The minimum absolute atomic E-state index is 0.458. The van der Waals surface area contributed by atoms with E-state index in [1.54, 1.807) is 0 Å². The lowest BCUT2D eigenvalue weighted by Gasteiger charge is -2.32. The Morgan fingerprint density at radius 3 is 3.00 bits per heavy atom. The Labute approximate surface area is 91.6 Å². The van der Waals surface area contributed by atoms with E-state index in [1.165, 1.54) is 11.3 Å². The van der Waals surface area contributed by atoms with E-state index in [4.69, 9.17) is 4.74 Å². The monoisotopic (exact) mass is 205 g/mol. The highest BCUT2D eigenvalue weighted by molar-refractivity contribution is 5.54. The molecule has 0 saturated carbocycles. The van der Waals surface area contributed by atoms with Crippen LogP contribution in [0.4, 0.5) is 5.69 Å². The minimum atomic E-state index is 0.458. The van der Waals surface area contributed by atoms with Gasteiger partial charge in [-0.3, -0.25) is 0 Å². The molecule has 0 aromatic heterocycles. The van der Waals surface area contributed by atoms with E-state index in [0.29, 0.717) is 12.0 Å². The van der Waals surface area contributed by atoms with Gasteiger partial charge in [-0.05, 0) is 30.9 Å². The summed E-state index contributed by atoms with van der Waals surface area (Å²) in [5, 5.41) is 3.56. The number of para-hydroxylation sites is 1. The maximum atomic E-state index is 5.50. The van der Waals surface area contributed by atoms with Gasteiger partial charge in [-0.25, -0.2) is 0 Å². The van der Waals surface area contributed by atoms with Crippen LogP contribution in [0, 0.1) is 5.92 Å². The Balaban J connectivity index is 2.08. The molecule has 0 fully saturated rings. The van der Waals surface area contributed by atoms with Crippen molar-refractivity contribution in [3.05, 3.63) is 29.8 Å². The fourth-order valence-electron chi connectivity index (χ4n) is 2.12. The first-order valence-electron chi connectivity index (χ1n) is 5.73. The average Bonchev–Trinajstić information content (AvgIpc) is 2.26. The summed E-state index contributed by atoms with van der Waals surface area (Å²) in [6.45, 7) is 5.94. The van der Waals surface area contributed by atoms with Crippen molar-refractivity contribution in [1.82, 2.24) is 0 Å². The largest absolute Gasteiger partial charge is 0.380 e. The molecule has 1 heterocycles. The molecule has 0 radical (unpaired) electrons. The highest BCUT2D eigenvalue weighted by Gasteiger charge is 2.23. The average molecular weight is 205 g/mol. The molecular formula is C13H19NO. The van der Waals surface area contributed by atoms with Crippen molar-refractivity contribution in [3.63, 3.8) is 0 Å². The van der Waals surface area contributed by atoms with Crippen LogP contribution in [-0.2, 0) is 11.2 Å². The van der Waals surface area contributed by atoms with Crippen molar-refractivity contribution in [2.45, 2.75) is 26.3 Å². The van der Waals surface area contributed by atoms with E-state index in [9.17, 15) is 0 Å². The zero-order valence-corrected chi connectivity index (χ0v) is 9.49. The van der Waals surface area contributed by atoms with Crippen LogP contribution in [-0.4, -0.2) is 19.3 Å². The Hall–Kier alpha value is -1.02. The first-order chi connectivity index (χ1) is 7.31. The molecular weight excluding hydrogens is 186 g/mol. The van der Waals surface area contributed by atoms with Crippen molar-refractivity contribution in [2.24, 2.45) is 5.92 Å². The normalized spacial score (nSPS) is 24.4. The molecule has 0 aliphatic carbocycles. The van der Waals surface area contributed by atoms with Crippen LogP contribution >= 0.6 is 0 Å². The highest BCUT2D eigenvalue weighted by Crippen LogP contribution is 2.27. The maximum Gasteiger partial charge on any atom is 0.0670 e. The standard InChI is InChI=1S/C13H19NO/c1-3-15-9-13-10(2)8-11-6-4-5-7-12(11)14-13/h4-7,10,13-14H,3,8-9H2,1-2H3. The molecule has 0 spiro atoms. The van der Waals surface area contributed by atoms with E-state index in [0.717, 1.165) is 19.6 Å². The minimum Gasteiger partial charge on any atom is -0.380 e. The highest BCUT2D eigenvalue weighted by atomic mass is 16.5. The molecule has 1 aliphatic heterocycles. The summed E-state index contributed by atoms with van der Waals surface area (Å²) in [6, 6.07) is 9.01. The summed E-state index contributed by atoms with van der Waals surface area (Å²) in [7, 11) is 0. The smallest absolute Gasteiger partial charge is 0.0670 e. The van der Waals surface area contributed by atoms with Gasteiger partial charge >= 0.3 is 0 Å². The topological polar surface area (TPSA) is 21.3 Å². The van der Waals surface area contributed by atoms with E-state index in [-0.39, 0.29) is 0 Å². The second-order valence-corrected chi connectivity index (χ2v) is 4.25. The summed E-state index contributed by atoms with van der Waals surface area (Å²) in [5.74, 6) is 0.645. The molecule has 2 atom stereocenters. The molecule has 1 aromatic carbocycles. The second-order valence-electron chi connectivity index (χ2n) is 4.25. The van der Waals surface area contributed by atoms with Gasteiger partial charge in [-0.15, -0.1) is 0 Å². The molecule has 2 rings (SSSR count). The third-order valence-electron chi connectivity index (χ3n) is 3.09. The zero-order valence-electron chi connectivity index (χ0n) is 9.49. The van der Waals surface area contributed by atoms with Gasteiger partial charge in [0, 0.05) is 12.3 Å². The molecule has 2 unspecified atom stereocenters. The SMILES string of the molecule is CCOCC1Nc2ccccc2CC1C. The molecule has 0 bridgehead atoms. The summed E-state index contributed by atoms with van der Waals surface area (Å²) in [5.41, 5.74) is 2.71. The molecule has 1 N–H and O–H groups in total. The third kappa shape index (κ3) is 2.32. The quantitative estimate of drug-likeness (QED) is 0.819. The Kier molecular flexibility index (Phi) is 3.27. The van der Waals surface area contributed by atoms with Crippen LogP contribution in [0.3, 0.4) is 0 Å². The lowest BCUT2D eigenvalue weighted by Crippen LogP contribution is -2.37. The molecule has 2 heteroatoms. The van der Waals surface area contributed by atoms with Gasteiger partial charge in [0.2, 0.25) is 0 Å². The zero-order chi connectivity index (χ0) is 10.7. The van der Waals surface area contributed by atoms with Crippen LogP contribution in [0.1, 0.15) is 19.4 Å². The molecule has 0 amide bonds. The second kappa shape index (κ2) is 4.67. The molecule has 82 valence electrons. The van der Waals surface area contributed by atoms with Crippen LogP contribution in [0.25, 0.3) is 0 Å². The van der Waals surface area contributed by atoms with E-state index >= 15 is 0 Å². The van der Waals surface area contributed by atoms with Crippen LogP contribution in [0.5, 0.6) is 0 Å². The number of rotatable bonds is 3. The van der Waals surface area contributed by atoms with Crippen molar-refractivity contribution in [1.29, 1.82) is 0 Å². The number of ether oxygens (including phenoxy) is 1. The molecule has 2 nitrogen and oxygen atoms in total. The van der Waals surface area contributed by atoms with Gasteiger partial charge in [-0.2, -0.15) is 0 Å². The van der Waals surface area contributed by atoms with E-state index in [1.807, 2.05) is 6.92 Å². The third-order valence-corrected chi connectivity index (χ3v) is 3.09. The number of hydrogen-bond donors (Lipinski definition) is 1. The molecule has 1 aliphatic rings. The van der Waals surface area contributed by atoms with Gasteiger partial charge in [0.25, 0.3) is 0 Å². The van der Waals surface area contributed by atoms with Gasteiger partial charge in [0.15, 0.2) is 0 Å². The first kappa shape index (κ1) is 10.5. The number of fused-ring (bicyclic) bond motifs is 1. The van der Waals surface area contributed by atoms with Crippen LogP contribution in [0.2, 0.25) is 0 Å². The van der Waals surface area contributed by atoms with E-state index in [2.05, 4.69) is 36.5 Å². The van der Waals surface area contributed by atoms with Crippen molar-refractivity contribution >= 4 is 5.69 Å². The van der Waals surface area contributed by atoms with Gasteiger partial charge in [0.1, 0.15) is 0 Å². The van der Waals surface area contributed by atoms with Crippen LogP contribution in [0.15, 0.2) is 24.3 Å². The summed E-state index contributed by atoms with van der Waals surface area (Å²) in [4.78, 5) is 0. The summed E-state index contributed by atoms with van der Waals surface area (Å²) >= 11 is 0. The van der Waals surface area contributed by atoms with Crippen molar-refractivity contribution < 1.29 is 4.74 Å². The fourth-order valence-corrected chi connectivity index (χ4v) is 2.12. The molecule has 0 saturated heterocycles. The Bertz CT molecular complexity index is 324. The van der Waals surface area contributed by atoms with Gasteiger partial charge in [-0.1, -0.05) is 25.1 Å². The lowest BCUT2D eigenvalue weighted by atomic mass is 9.89. The molecule has 15 heavy (non-hydrogen) atoms. The lowest BCUT2D eigenvalue weighted by molar-refractivity contribution is 0.123. The van der Waals surface area contributed by atoms with Gasteiger partial charge < -0.3 is 10.1 Å². The van der Waals surface area contributed by atoms with Crippen LogP contribution < -0.4 is 5.32 Å². The molecule has 1 aromatic rings. The van der Waals surface area contributed by atoms with Crippen molar-refractivity contribution in [3.8, 4) is 0 Å². The number of nitrogens with one attached hydrogen (secondary N) is 1. The summed E-state index contributed by atoms with van der Waals surface area (Å²) < 4.78 is 5.50.